The van der Waals surface area contributed by atoms with Crippen LogP contribution in [0.15, 0.2) is 84.1 Å². The van der Waals surface area contributed by atoms with Crippen molar-refractivity contribution in [3.8, 4) is 22.8 Å². The number of aromatic nitrogens is 3. The van der Waals surface area contributed by atoms with Gasteiger partial charge in [0.1, 0.15) is 12.1 Å². The van der Waals surface area contributed by atoms with E-state index in [1.165, 1.54) is 40.8 Å². The molecule has 8 nitrogen and oxygen atoms in total. The highest BCUT2D eigenvalue weighted by Crippen LogP contribution is 2.35. The Kier molecular flexibility index (Phi) is 10.4. The molecule has 2 unspecified atom stereocenters. The zero-order valence-electron chi connectivity index (χ0n) is 26.2. The third kappa shape index (κ3) is 8.28. The first kappa shape index (κ1) is 33.1. The fourth-order valence-electron chi connectivity index (χ4n) is 5.30. The van der Waals surface area contributed by atoms with Gasteiger partial charge in [0.2, 0.25) is 0 Å². The van der Waals surface area contributed by atoms with Crippen molar-refractivity contribution < 1.29 is 22.7 Å². The molecule has 242 valence electrons. The van der Waals surface area contributed by atoms with E-state index in [1.54, 1.807) is 11.8 Å². The van der Waals surface area contributed by atoms with E-state index < -0.39 is 6.36 Å². The smallest absolute Gasteiger partial charge is 0.406 e. The quantitative estimate of drug-likeness (QED) is 0.195. The van der Waals surface area contributed by atoms with E-state index in [-0.39, 0.29) is 23.7 Å². The van der Waals surface area contributed by atoms with Gasteiger partial charge in [-0.05, 0) is 73.1 Å². The number of hydrogen-bond acceptors (Lipinski definition) is 5. The van der Waals surface area contributed by atoms with E-state index in [2.05, 4.69) is 75.9 Å². The highest BCUT2D eigenvalue weighted by Gasteiger charge is 2.31. The molecule has 0 aliphatic carbocycles. The maximum Gasteiger partial charge on any atom is 0.573 e. The molecule has 1 N–H and O–H groups in total. The average Bonchev–Trinajstić information content (AvgIpc) is 3.51. The molecule has 12 heteroatoms. The maximum atomic E-state index is 12.9. The highest BCUT2D eigenvalue weighted by molar-refractivity contribution is 8.14. The average molecular weight is 651 g/mol. The van der Waals surface area contributed by atoms with E-state index >= 15 is 0 Å². The minimum atomic E-state index is -4.75. The fourth-order valence-corrected chi connectivity index (χ4v) is 6.51. The molecule has 0 bridgehead atoms. The number of para-hydroxylation sites is 1. The lowest BCUT2D eigenvalue weighted by Gasteiger charge is -2.37. The molecule has 2 heterocycles. The van der Waals surface area contributed by atoms with Crippen LogP contribution in [0.25, 0.3) is 17.1 Å². The summed E-state index contributed by atoms with van der Waals surface area (Å²) in [5, 5.41) is 8.17. The Morgan fingerprint density at radius 1 is 1.07 bits per heavy atom. The van der Waals surface area contributed by atoms with E-state index in [0.717, 1.165) is 40.6 Å². The van der Waals surface area contributed by atoms with Gasteiger partial charge in [0.25, 0.3) is 0 Å². The zero-order valence-corrected chi connectivity index (χ0v) is 27.0. The molecule has 0 saturated carbocycles. The van der Waals surface area contributed by atoms with Crippen LogP contribution in [-0.2, 0) is 0 Å². The lowest BCUT2D eigenvalue weighted by Crippen LogP contribution is -2.42. The number of nitrogens with one attached hydrogen (secondary N) is 1. The first-order valence-electron chi connectivity index (χ1n) is 15.2. The number of urea groups is 1. The number of amidine groups is 1. The van der Waals surface area contributed by atoms with Crippen LogP contribution in [0, 0.1) is 0 Å². The van der Waals surface area contributed by atoms with Gasteiger partial charge in [-0.2, -0.15) is 4.99 Å². The Morgan fingerprint density at radius 3 is 2.48 bits per heavy atom. The summed E-state index contributed by atoms with van der Waals surface area (Å²) >= 11 is 1.62. The molecule has 1 aliphatic heterocycles. The summed E-state index contributed by atoms with van der Waals surface area (Å²) in [5.74, 6) is 1.64. The molecule has 0 spiro atoms. The van der Waals surface area contributed by atoms with Crippen molar-refractivity contribution in [2.24, 2.45) is 4.99 Å². The number of alkyl halides is 3. The predicted molar refractivity (Wildman–Crippen MR) is 177 cm³/mol. The summed E-state index contributed by atoms with van der Waals surface area (Å²) in [7, 11) is 0. The van der Waals surface area contributed by atoms with Crippen molar-refractivity contribution >= 4 is 28.6 Å². The fraction of sp³-hybridized carbons (Fsp3) is 0.353. The molecule has 1 aliphatic rings. The number of aliphatic imine (C=N–C) groups is 1. The van der Waals surface area contributed by atoms with Gasteiger partial charge in [0.05, 0.1) is 5.69 Å². The van der Waals surface area contributed by atoms with Crippen molar-refractivity contribution in [1.29, 1.82) is 0 Å². The summed E-state index contributed by atoms with van der Waals surface area (Å²) in [6.07, 6.45) is -1.48. The summed E-state index contributed by atoms with van der Waals surface area (Å²) in [6.45, 7) is 9.12. The van der Waals surface area contributed by atoms with E-state index in [9.17, 15) is 18.0 Å². The van der Waals surface area contributed by atoms with Crippen molar-refractivity contribution in [3.05, 3.63) is 90.3 Å². The lowest BCUT2D eigenvalue weighted by atomic mass is 9.96. The number of nitrogens with zero attached hydrogens (tertiary/aromatic N) is 5. The van der Waals surface area contributed by atoms with Crippen LogP contribution >= 0.6 is 11.8 Å². The number of thioether (sulfide) groups is 1. The van der Waals surface area contributed by atoms with Crippen LogP contribution in [0.4, 0.5) is 23.7 Å². The van der Waals surface area contributed by atoms with Crippen molar-refractivity contribution in [2.45, 2.75) is 64.8 Å². The molecule has 0 radical (unpaired) electrons. The summed E-state index contributed by atoms with van der Waals surface area (Å²) < 4.78 is 42.7. The van der Waals surface area contributed by atoms with Crippen molar-refractivity contribution in [3.63, 3.8) is 0 Å². The predicted octanol–water partition coefficient (Wildman–Crippen LogP) is 8.55. The third-order valence-electron chi connectivity index (χ3n) is 7.85. The number of anilines is 1. The number of hydrogen-bond donors (Lipinski definition) is 1. The first-order valence-corrected chi connectivity index (χ1v) is 16.2. The molecule has 46 heavy (non-hydrogen) atoms. The van der Waals surface area contributed by atoms with E-state index in [4.69, 9.17) is 0 Å². The number of carbonyl (C=O) groups is 1. The Morgan fingerprint density at radius 2 is 1.78 bits per heavy atom. The Bertz CT molecular complexity index is 1650. The second-order valence-electron chi connectivity index (χ2n) is 11.6. The van der Waals surface area contributed by atoms with Crippen LogP contribution in [0.5, 0.6) is 5.75 Å². The van der Waals surface area contributed by atoms with Crippen molar-refractivity contribution in [1.82, 2.24) is 20.1 Å². The van der Waals surface area contributed by atoms with Crippen LogP contribution in [0.2, 0.25) is 0 Å². The van der Waals surface area contributed by atoms with Gasteiger partial charge >= 0.3 is 12.4 Å². The molecule has 1 fully saturated rings. The van der Waals surface area contributed by atoms with Gasteiger partial charge in [0.15, 0.2) is 11.0 Å². The van der Waals surface area contributed by atoms with E-state index in [0.29, 0.717) is 24.0 Å². The van der Waals surface area contributed by atoms with Crippen molar-refractivity contribution in [2.75, 3.05) is 17.2 Å². The molecule has 1 saturated heterocycles. The van der Waals surface area contributed by atoms with Crippen LogP contribution in [0.1, 0.15) is 63.5 Å². The molecular formula is C34H37F3N6O2S. The molecule has 4 aromatic rings. The van der Waals surface area contributed by atoms with Gasteiger partial charge in [-0.3, -0.25) is 0 Å². The Labute approximate surface area is 271 Å². The largest absolute Gasteiger partial charge is 0.573 e. The third-order valence-corrected chi connectivity index (χ3v) is 8.83. The highest BCUT2D eigenvalue weighted by atomic mass is 32.2. The monoisotopic (exact) mass is 650 g/mol. The zero-order chi connectivity index (χ0) is 32.8. The van der Waals surface area contributed by atoms with Crippen LogP contribution < -0.4 is 15.0 Å². The number of rotatable bonds is 9. The number of amides is 2. The van der Waals surface area contributed by atoms with Gasteiger partial charge < -0.3 is 15.0 Å². The van der Waals surface area contributed by atoms with E-state index in [1.807, 2.05) is 30.3 Å². The molecule has 5 rings (SSSR count). The van der Waals surface area contributed by atoms with Crippen LogP contribution in [0.3, 0.4) is 0 Å². The van der Waals surface area contributed by atoms with Gasteiger partial charge in [-0.15, -0.1) is 18.3 Å². The summed E-state index contributed by atoms with van der Waals surface area (Å²) in [4.78, 5) is 24.0. The normalized spacial score (nSPS) is 16.9. The second kappa shape index (κ2) is 14.4. The minimum absolute atomic E-state index is 0.184. The summed E-state index contributed by atoms with van der Waals surface area (Å²) in [5.41, 5.74) is 4.81. The lowest BCUT2D eigenvalue weighted by molar-refractivity contribution is -0.274. The SMILES string of the molecule is CC(C)c1ccccc1N1/C(=N/C(=O)NCCC(C)c2ccc(-c3ncn(-c4ccc(OC(F)(F)F)cc4)n3)cc2)SCCC1C. The Hall–Kier alpha value is -4.32. The molecule has 3 aromatic carbocycles. The maximum absolute atomic E-state index is 12.9. The summed E-state index contributed by atoms with van der Waals surface area (Å²) in [6, 6.07) is 21.5. The number of carbonyl (C=O) groups excluding carboxylic acids is 1. The number of benzene rings is 3. The first-order chi connectivity index (χ1) is 22.0. The van der Waals surface area contributed by atoms with Gasteiger partial charge in [-0.1, -0.05) is 75.0 Å². The topological polar surface area (TPSA) is 84.6 Å². The molecular weight excluding hydrogens is 613 g/mol. The van der Waals surface area contributed by atoms with Crippen LogP contribution in [-0.4, -0.2) is 50.7 Å². The number of halogens is 3. The standard InChI is InChI=1S/C34H37F3N6O2S/c1-22(2)29-7-5-6-8-30(29)43-24(4)18-20-46-33(43)40-32(44)38-19-17-23(3)25-9-11-26(12-10-25)31-39-21-42(41-31)27-13-15-28(16-14-27)45-34(35,36)37/h5-16,21-24H,17-20H2,1-4H3,(H,38,44)/b40-33-. The minimum Gasteiger partial charge on any atom is -0.406 e. The van der Waals surface area contributed by atoms with Gasteiger partial charge in [0, 0.05) is 29.6 Å². The Balaban J connectivity index is 1.16. The van der Waals surface area contributed by atoms with Gasteiger partial charge in [-0.25, -0.2) is 14.5 Å². The number of ether oxygens (including phenoxy) is 1. The molecule has 2 amide bonds. The molecule has 2 atom stereocenters. The molecule has 1 aromatic heterocycles. The second-order valence-corrected chi connectivity index (χ2v) is 12.6.